The lowest BCUT2D eigenvalue weighted by Gasteiger charge is -2.07. The van der Waals surface area contributed by atoms with Gasteiger partial charge in [-0.2, -0.15) is 0 Å². The Morgan fingerprint density at radius 2 is 1.61 bits per heavy atom. The number of nitrogens with one attached hydrogen (secondary N) is 1. The zero-order valence-corrected chi connectivity index (χ0v) is 16.1. The van der Waals surface area contributed by atoms with Crippen LogP contribution in [0.5, 0.6) is 0 Å². The number of aromatic nitrogens is 2. The third-order valence-corrected chi connectivity index (χ3v) is 4.73. The van der Waals surface area contributed by atoms with Gasteiger partial charge in [-0.15, -0.1) is 0 Å². The molecule has 3 aromatic rings. The Labute approximate surface area is 167 Å². The Hall–Kier alpha value is -3.19. The Bertz CT molecular complexity index is 929. The molecule has 6 nitrogen and oxygen atoms in total. The van der Waals surface area contributed by atoms with E-state index in [9.17, 15) is 9.59 Å². The van der Waals surface area contributed by atoms with E-state index >= 15 is 0 Å². The number of nitrogens with zero attached hydrogens (tertiary/aromatic N) is 2. The maximum atomic E-state index is 12.4. The van der Waals surface area contributed by atoms with E-state index in [0.717, 1.165) is 16.5 Å². The van der Waals surface area contributed by atoms with Crippen LogP contribution in [0.25, 0.3) is 0 Å². The van der Waals surface area contributed by atoms with Gasteiger partial charge in [0.15, 0.2) is 5.16 Å². The van der Waals surface area contributed by atoms with Crippen molar-refractivity contribution in [3.05, 3.63) is 83.7 Å². The molecule has 1 N–H and O–H groups in total. The topological polar surface area (TPSA) is 81.2 Å². The largest absolute Gasteiger partial charge is 0.462 e. The van der Waals surface area contributed by atoms with E-state index in [1.807, 2.05) is 12.1 Å². The maximum Gasteiger partial charge on any atom is 0.338 e. The van der Waals surface area contributed by atoms with Crippen LogP contribution in [-0.2, 0) is 10.5 Å². The van der Waals surface area contributed by atoms with Crippen molar-refractivity contribution >= 4 is 29.3 Å². The number of ether oxygens (including phenoxy) is 1. The average molecular weight is 393 g/mol. The molecule has 0 aliphatic rings. The summed E-state index contributed by atoms with van der Waals surface area (Å²) in [4.78, 5) is 32.4. The Kier molecular flexibility index (Phi) is 6.75. The molecule has 2 aromatic carbocycles. The van der Waals surface area contributed by atoms with Crippen LogP contribution >= 0.6 is 11.8 Å². The van der Waals surface area contributed by atoms with Gasteiger partial charge in [0.2, 0.25) is 0 Å². The predicted molar refractivity (Wildman–Crippen MR) is 108 cm³/mol. The van der Waals surface area contributed by atoms with Crippen LogP contribution in [0.4, 0.5) is 5.69 Å². The average Bonchev–Trinajstić information content (AvgIpc) is 2.74. The fraction of sp³-hybridized carbons (Fsp3) is 0.143. The van der Waals surface area contributed by atoms with Crippen LogP contribution < -0.4 is 5.32 Å². The zero-order chi connectivity index (χ0) is 19.8. The number of hydrogen-bond acceptors (Lipinski definition) is 6. The summed E-state index contributed by atoms with van der Waals surface area (Å²) in [6.07, 6.45) is 3.42. The molecule has 28 heavy (non-hydrogen) atoms. The van der Waals surface area contributed by atoms with Crippen LogP contribution in [0.1, 0.15) is 33.2 Å². The van der Waals surface area contributed by atoms with Crippen molar-refractivity contribution in [1.29, 1.82) is 0 Å². The summed E-state index contributed by atoms with van der Waals surface area (Å²) in [5, 5.41) is 3.54. The second-order valence-electron chi connectivity index (χ2n) is 5.77. The minimum Gasteiger partial charge on any atom is -0.462 e. The van der Waals surface area contributed by atoms with Crippen LogP contribution in [0.15, 0.2) is 72.1 Å². The van der Waals surface area contributed by atoms with E-state index in [-0.39, 0.29) is 11.9 Å². The molecule has 7 heteroatoms. The number of rotatable bonds is 7. The molecular weight excluding hydrogens is 374 g/mol. The molecule has 0 saturated carbocycles. The van der Waals surface area contributed by atoms with Gasteiger partial charge >= 0.3 is 5.97 Å². The van der Waals surface area contributed by atoms with Crippen molar-refractivity contribution in [2.75, 3.05) is 11.9 Å². The van der Waals surface area contributed by atoms with Gasteiger partial charge < -0.3 is 10.1 Å². The van der Waals surface area contributed by atoms with Crippen LogP contribution in [0, 0.1) is 0 Å². The van der Waals surface area contributed by atoms with Gasteiger partial charge in [-0.25, -0.2) is 14.8 Å². The first-order chi connectivity index (χ1) is 13.7. The van der Waals surface area contributed by atoms with E-state index in [2.05, 4.69) is 15.3 Å². The fourth-order valence-electron chi connectivity index (χ4n) is 2.37. The highest BCUT2D eigenvalue weighted by Gasteiger charge is 2.09. The first-order valence-electron chi connectivity index (χ1n) is 8.73. The molecule has 0 radical (unpaired) electrons. The monoisotopic (exact) mass is 393 g/mol. The van der Waals surface area contributed by atoms with Gasteiger partial charge in [-0.05, 0) is 55.0 Å². The van der Waals surface area contributed by atoms with Crippen molar-refractivity contribution in [3.63, 3.8) is 0 Å². The summed E-state index contributed by atoms with van der Waals surface area (Å²) in [5.74, 6) is 0.130. The number of amides is 1. The Balaban J connectivity index is 1.56. The highest BCUT2D eigenvalue weighted by molar-refractivity contribution is 7.98. The Morgan fingerprint density at radius 1 is 0.964 bits per heavy atom. The molecule has 0 aliphatic heterocycles. The summed E-state index contributed by atoms with van der Waals surface area (Å²) in [5.41, 5.74) is 2.69. The normalized spacial score (nSPS) is 10.3. The molecule has 1 aromatic heterocycles. The van der Waals surface area contributed by atoms with Crippen LogP contribution in [0.3, 0.4) is 0 Å². The van der Waals surface area contributed by atoms with E-state index in [1.165, 1.54) is 11.8 Å². The number of anilines is 1. The quantitative estimate of drug-likeness (QED) is 0.368. The predicted octanol–water partition coefficient (Wildman–Crippen LogP) is 4.20. The van der Waals surface area contributed by atoms with Gasteiger partial charge in [0.05, 0.1) is 12.2 Å². The molecule has 0 bridgehead atoms. The second kappa shape index (κ2) is 9.66. The number of hydrogen-bond donors (Lipinski definition) is 1. The molecule has 0 aliphatic carbocycles. The van der Waals surface area contributed by atoms with E-state index in [4.69, 9.17) is 4.74 Å². The first kappa shape index (κ1) is 19.6. The summed E-state index contributed by atoms with van der Waals surface area (Å²) in [7, 11) is 0. The van der Waals surface area contributed by atoms with Crippen molar-refractivity contribution < 1.29 is 14.3 Å². The third-order valence-electron chi connectivity index (χ3n) is 3.78. The van der Waals surface area contributed by atoms with E-state index in [1.54, 1.807) is 61.8 Å². The van der Waals surface area contributed by atoms with Crippen molar-refractivity contribution in [1.82, 2.24) is 9.97 Å². The van der Waals surface area contributed by atoms with Crippen molar-refractivity contribution in [2.24, 2.45) is 0 Å². The van der Waals surface area contributed by atoms with E-state index < -0.39 is 0 Å². The molecule has 1 heterocycles. The lowest BCUT2D eigenvalue weighted by Crippen LogP contribution is -2.12. The molecular formula is C21H19N3O3S. The van der Waals surface area contributed by atoms with Crippen LogP contribution in [0.2, 0.25) is 0 Å². The van der Waals surface area contributed by atoms with Crippen LogP contribution in [-0.4, -0.2) is 28.5 Å². The van der Waals surface area contributed by atoms with Crippen molar-refractivity contribution in [3.8, 4) is 0 Å². The molecule has 3 rings (SSSR count). The molecule has 0 atom stereocenters. The van der Waals surface area contributed by atoms with Gasteiger partial charge in [0, 0.05) is 29.4 Å². The summed E-state index contributed by atoms with van der Waals surface area (Å²) in [6.45, 7) is 2.08. The molecule has 0 saturated heterocycles. The van der Waals surface area contributed by atoms with E-state index in [0.29, 0.717) is 23.4 Å². The maximum absolute atomic E-state index is 12.4. The second-order valence-corrected chi connectivity index (χ2v) is 6.71. The lowest BCUT2D eigenvalue weighted by atomic mass is 10.1. The minimum atomic E-state index is -0.380. The molecule has 1 amide bonds. The fourth-order valence-corrected chi connectivity index (χ4v) is 3.13. The third kappa shape index (κ3) is 5.40. The Morgan fingerprint density at radius 3 is 2.25 bits per heavy atom. The highest BCUT2D eigenvalue weighted by Crippen LogP contribution is 2.19. The molecule has 0 fully saturated rings. The lowest BCUT2D eigenvalue weighted by molar-refractivity contribution is 0.0526. The summed E-state index contributed by atoms with van der Waals surface area (Å²) >= 11 is 1.54. The first-order valence-corrected chi connectivity index (χ1v) is 9.71. The smallest absolute Gasteiger partial charge is 0.338 e. The molecule has 0 spiro atoms. The van der Waals surface area contributed by atoms with Gasteiger partial charge in [0.25, 0.3) is 5.91 Å². The van der Waals surface area contributed by atoms with Gasteiger partial charge in [-0.1, -0.05) is 23.9 Å². The molecule has 142 valence electrons. The number of carbonyl (C=O) groups is 2. The standard InChI is InChI=1S/C21H19N3O3S/c1-2-27-20(26)17-8-10-18(11-9-17)24-19(25)16-6-4-15(5-7-16)14-28-21-22-12-3-13-23-21/h3-13H,2,14H2,1H3,(H,24,25). The SMILES string of the molecule is CCOC(=O)c1ccc(NC(=O)c2ccc(CSc3ncccn3)cc2)cc1. The number of benzene rings is 2. The summed E-state index contributed by atoms with van der Waals surface area (Å²) in [6, 6.07) is 15.8. The van der Waals surface area contributed by atoms with Gasteiger partial charge in [0.1, 0.15) is 0 Å². The number of thioether (sulfide) groups is 1. The summed E-state index contributed by atoms with van der Waals surface area (Å²) < 4.78 is 4.94. The number of carbonyl (C=O) groups excluding carboxylic acids is 2. The molecule has 0 unspecified atom stereocenters. The highest BCUT2D eigenvalue weighted by atomic mass is 32.2. The van der Waals surface area contributed by atoms with Gasteiger partial charge in [-0.3, -0.25) is 4.79 Å². The zero-order valence-electron chi connectivity index (χ0n) is 15.3. The van der Waals surface area contributed by atoms with Crippen molar-refractivity contribution in [2.45, 2.75) is 17.8 Å². The number of esters is 1. The minimum absolute atomic E-state index is 0.213.